The molecule has 3 aromatic rings. The molecule has 1 aliphatic rings. The van der Waals surface area contributed by atoms with E-state index in [2.05, 4.69) is 20.5 Å². The summed E-state index contributed by atoms with van der Waals surface area (Å²) in [5.74, 6) is -0.576. The summed E-state index contributed by atoms with van der Waals surface area (Å²) in [5, 5.41) is 21.8. The van der Waals surface area contributed by atoms with E-state index in [1.54, 1.807) is 20.0 Å². The van der Waals surface area contributed by atoms with Crippen LogP contribution in [0.25, 0.3) is 10.9 Å². The number of aliphatic hydroxyl groups is 1. The smallest absolute Gasteiger partial charge is 0.266 e. The Morgan fingerprint density at radius 1 is 1.28 bits per heavy atom. The van der Waals surface area contributed by atoms with E-state index in [0.29, 0.717) is 42.2 Å². The molecule has 0 unspecified atom stereocenters. The third-order valence-corrected chi connectivity index (χ3v) is 5.65. The van der Waals surface area contributed by atoms with Crippen molar-refractivity contribution >= 4 is 22.4 Å². The van der Waals surface area contributed by atoms with Gasteiger partial charge in [-0.05, 0) is 19.9 Å². The quantitative estimate of drug-likeness (QED) is 0.595. The highest BCUT2D eigenvalue weighted by atomic mass is 19.3. The lowest BCUT2D eigenvalue weighted by Gasteiger charge is -2.36. The molecule has 1 aliphatic heterocycles. The van der Waals surface area contributed by atoms with Gasteiger partial charge in [-0.2, -0.15) is 5.10 Å². The summed E-state index contributed by atoms with van der Waals surface area (Å²) < 4.78 is 46.3. The zero-order valence-corrected chi connectivity index (χ0v) is 17.7. The van der Waals surface area contributed by atoms with Gasteiger partial charge in [0, 0.05) is 17.5 Å². The molecule has 32 heavy (non-hydrogen) atoms. The Morgan fingerprint density at radius 2 is 2.06 bits per heavy atom. The van der Waals surface area contributed by atoms with Crippen LogP contribution in [-0.4, -0.2) is 52.7 Å². The lowest BCUT2D eigenvalue weighted by atomic mass is 10.0. The van der Waals surface area contributed by atoms with Crippen LogP contribution in [0.5, 0.6) is 0 Å². The van der Waals surface area contributed by atoms with Gasteiger partial charge in [-0.15, -0.1) is 5.10 Å². The highest BCUT2D eigenvalue weighted by molar-refractivity contribution is 5.92. The largest absolute Gasteiger partial charge is 0.394 e. The Labute approximate surface area is 183 Å². The average Bonchev–Trinajstić information content (AvgIpc) is 2.80. The molecule has 4 rings (SSSR count). The number of ether oxygens (including phenoxy) is 1. The monoisotopic (exact) mass is 447 g/mol. The minimum Gasteiger partial charge on any atom is -0.394 e. The number of alkyl halides is 2. The van der Waals surface area contributed by atoms with Crippen molar-refractivity contribution in [2.75, 3.05) is 36.6 Å². The minimum atomic E-state index is -2.90. The zero-order valence-electron chi connectivity index (χ0n) is 17.7. The predicted octanol–water partition coefficient (Wildman–Crippen LogP) is 3.78. The molecule has 2 aromatic heterocycles. The summed E-state index contributed by atoms with van der Waals surface area (Å²) in [6, 6.07) is 4.99. The van der Waals surface area contributed by atoms with E-state index >= 15 is 0 Å². The van der Waals surface area contributed by atoms with E-state index in [4.69, 9.17) is 4.74 Å². The maximum absolute atomic E-state index is 14.6. The lowest BCUT2D eigenvalue weighted by Crippen LogP contribution is -2.47. The molecule has 0 radical (unpaired) electrons. The van der Waals surface area contributed by atoms with Crippen molar-refractivity contribution in [3.05, 3.63) is 53.1 Å². The molecule has 0 saturated carbocycles. The number of nitrogens with one attached hydrogen (secondary N) is 1. The van der Waals surface area contributed by atoms with E-state index < -0.39 is 23.8 Å². The number of pyridine rings is 1. The summed E-state index contributed by atoms with van der Waals surface area (Å²) in [6.07, 6.45) is -1.19. The number of nitrogens with zero attached hydrogens (tertiary/aromatic N) is 4. The SMILES string of the molecule is Cc1nnc(N[C@H](C)c2cccc(C(F)F)c2F)c2cc(N3CCOC[C@@H]3CO)cnc12. The van der Waals surface area contributed by atoms with E-state index in [0.717, 1.165) is 11.8 Å². The molecule has 1 aromatic carbocycles. The molecule has 0 bridgehead atoms. The number of benzene rings is 1. The van der Waals surface area contributed by atoms with Crippen molar-refractivity contribution in [3.63, 3.8) is 0 Å². The first-order chi connectivity index (χ1) is 15.4. The van der Waals surface area contributed by atoms with Gasteiger partial charge >= 0.3 is 0 Å². The fourth-order valence-electron chi connectivity index (χ4n) is 3.91. The van der Waals surface area contributed by atoms with Crippen LogP contribution in [0.15, 0.2) is 30.5 Å². The Kier molecular flexibility index (Phi) is 6.43. The van der Waals surface area contributed by atoms with Gasteiger partial charge < -0.3 is 20.1 Å². The molecule has 170 valence electrons. The van der Waals surface area contributed by atoms with Gasteiger partial charge in [-0.3, -0.25) is 4.98 Å². The van der Waals surface area contributed by atoms with E-state index in [1.165, 1.54) is 12.1 Å². The highest BCUT2D eigenvalue weighted by Gasteiger charge is 2.24. The second-order valence-electron chi connectivity index (χ2n) is 7.75. The fourth-order valence-corrected chi connectivity index (χ4v) is 3.91. The van der Waals surface area contributed by atoms with Gasteiger partial charge in [-0.1, -0.05) is 18.2 Å². The lowest BCUT2D eigenvalue weighted by molar-refractivity contribution is 0.0727. The minimum absolute atomic E-state index is 0.0619. The number of aliphatic hydroxyl groups excluding tert-OH is 1. The molecule has 10 heteroatoms. The molecule has 3 heterocycles. The summed E-state index contributed by atoms with van der Waals surface area (Å²) in [5.41, 5.74) is 1.50. The summed E-state index contributed by atoms with van der Waals surface area (Å²) in [6.45, 7) is 4.93. The van der Waals surface area contributed by atoms with Crippen molar-refractivity contribution in [2.24, 2.45) is 0 Å². The van der Waals surface area contributed by atoms with Crippen LogP contribution in [0.4, 0.5) is 24.7 Å². The van der Waals surface area contributed by atoms with Crippen LogP contribution >= 0.6 is 0 Å². The number of rotatable bonds is 6. The maximum atomic E-state index is 14.6. The van der Waals surface area contributed by atoms with Crippen LogP contribution in [0, 0.1) is 12.7 Å². The Morgan fingerprint density at radius 3 is 2.81 bits per heavy atom. The normalized spacial score (nSPS) is 17.7. The van der Waals surface area contributed by atoms with Gasteiger partial charge in [0.2, 0.25) is 0 Å². The molecule has 2 atom stereocenters. The molecular weight excluding hydrogens is 423 g/mol. The maximum Gasteiger partial charge on any atom is 0.266 e. The summed E-state index contributed by atoms with van der Waals surface area (Å²) in [4.78, 5) is 6.56. The number of hydrogen-bond donors (Lipinski definition) is 2. The van der Waals surface area contributed by atoms with Crippen LogP contribution in [0.1, 0.15) is 36.2 Å². The van der Waals surface area contributed by atoms with E-state index in [1.807, 2.05) is 11.0 Å². The Balaban J connectivity index is 1.71. The number of aryl methyl sites for hydroxylation is 1. The molecule has 0 spiro atoms. The number of fused-ring (bicyclic) bond motifs is 1. The van der Waals surface area contributed by atoms with E-state index in [9.17, 15) is 18.3 Å². The first-order valence-electron chi connectivity index (χ1n) is 10.3. The van der Waals surface area contributed by atoms with Crippen molar-refractivity contribution in [2.45, 2.75) is 32.4 Å². The van der Waals surface area contributed by atoms with Crippen molar-refractivity contribution in [3.8, 4) is 0 Å². The van der Waals surface area contributed by atoms with Gasteiger partial charge in [0.05, 0.1) is 60.6 Å². The number of anilines is 2. The molecule has 1 saturated heterocycles. The molecule has 1 fully saturated rings. The Hall–Kier alpha value is -2.98. The zero-order chi connectivity index (χ0) is 22.8. The average molecular weight is 447 g/mol. The van der Waals surface area contributed by atoms with Gasteiger partial charge in [-0.25, -0.2) is 13.2 Å². The number of aromatic nitrogens is 3. The number of hydrogen-bond acceptors (Lipinski definition) is 7. The highest BCUT2D eigenvalue weighted by Crippen LogP contribution is 2.32. The van der Waals surface area contributed by atoms with Crippen molar-refractivity contribution < 1.29 is 23.0 Å². The molecule has 0 amide bonds. The first-order valence-corrected chi connectivity index (χ1v) is 10.3. The standard InChI is InChI=1S/C22H24F3N5O2/c1-12(16-4-3-5-17(19(16)23)21(24)25)27-22-18-8-14(9-26-20(18)13(2)28-29-22)30-6-7-32-11-15(30)10-31/h3-5,8-9,12,15,21,31H,6-7,10-11H2,1-2H3,(H,27,29)/t12-,15+/m1/s1. The third-order valence-electron chi connectivity index (χ3n) is 5.65. The summed E-state index contributed by atoms with van der Waals surface area (Å²) >= 11 is 0. The molecule has 2 N–H and O–H groups in total. The van der Waals surface area contributed by atoms with Crippen LogP contribution in [0.3, 0.4) is 0 Å². The molecule has 7 nitrogen and oxygen atoms in total. The molecule has 0 aliphatic carbocycles. The van der Waals surface area contributed by atoms with Gasteiger partial charge in [0.15, 0.2) is 5.82 Å². The second kappa shape index (κ2) is 9.25. The molecular formula is C22H24F3N5O2. The predicted molar refractivity (Wildman–Crippen MR) is 115 cm³/mol. The second-order valence-corrected chi connectivity index (χ2v) is 7.75. The number of morpholine rings is 1. The topological polar surface area (TPSA) is 83.4 Å². The van der Waals surface area contributed by atoms with Gasteiger partial charge in [0.25, 0.3) is 6.43 Å². The fraction of sp³-hybridized carbons (Fsp3) is 0.409. The van der Waals surface area contributed by atoms with Crippen LogP contribution in [-0.2, 0) is 4.74 Å². The summed E-state index contributed by atoms with van der Waals surface area (Å²) in [7, 11) is 0. The van der Waals surface area contributed by atoms with Crippen molar-refractivity contribution in [1.82, 2.24) is 15.2 Å². The van der Waals surface area contributed by atoms with Crippen molar-refractivity contribution in [1.29, 1.82) is 0 Å². The third kappa shape index (κ3) is 4.20. The van der Waals surface area contributed by atoms with Crippen LogP contribution in [0.2, 0.25) is 0 Å². The van der Waals surface area contributed by atoms with Gasteiger partial charge in [0.1, 0.15) is 5.82 Å². The number of halogens is 3. The first kappa shape index (κ1) is 22.2. The Bertz CT molecular complexity index is 1110. The van der Waals surface area contributed by atoms with Crippen LogP contribution < -0.4 is 10.2 Å². The van der Waals surface area contributed by atoms with E-state index in [-0.39, 0.29) is 18.2 Å².